The standard InChI is InChI=1S/2C19H30O3/c1-3-5-7-8-9-13-16(12-6-4-2)22-19(21)17-14-10-11-15-18(17)20;1-3-5-7-8-9-10-15-22-18-16(12-6-4-2)13-11-14-17(18)19(20)21/h10-11,14-16,20H,3-9,12-13H2,1-2H3;11,13-14H,3-10,12,15H2,1-2H3,(H,20,21). The molecule has 0 heterocycles. The average molecular weight is 613 g/mol. The van der Waals surface area contributed by atoms with E-state index < -0.39 is 11.9 Å². The van der Waals surface area contributed by atoms with Crippen LogP contribution in [0.4, 0.5) is 0 Å². The predicted molar refractivity (Wildman–Crippen MR) is 181 cm³/mol. The second-order valence-electron chi connectivity index (χ2n) is 11.7. The maximum atomic E-state index is 12.2. The maximum absolute atomic E-state index is 12.2. The van der Waals surface area contributed by atoms with Crippen molar-refractivity contribution in [1.82, 2.24) is 0 Å². The summed E-state index contributed by atoms with van der Waals surface area (Å²) in [6.07, 6.45) is 20.3. The fraction of sp³-hybridized carbons (Fsp3) is 0.632. The third kappa shape index (κ3) is 16.7. The van der Waals surface area contributed by atoms with Gasteiger partial charge in [-0.05, 0) is 62.3 Å². The van der Waals surface area contributed by atoms with E-state index in [9.17, 15) is 19.8 Å². The van der Waals surface area contributed by atoms with Crippen LogP contribution in [0.1, 0.15) is 163 Å². The minimum absolute atomic E-state index is 0.00955. The molecule has 6 nitrogen and oxygen atoms in total. The fourth-order valence-corrected chi connectivity index (χ4v) is 5.08. The molecule has 2 aromatic carbocycles. The molecule has 0 bridgehead atoms. The van der Waals surface area contributed by atoms with Crippen LogP contribution in [0, 0.1) is 0 Å². The van der Waals surface area contributed by atoms with Gasteiger partial charge in [-0.1, -0.05) is 129 Å². The Morgan fingerprint density at radius 2 is 1.23 bits per heavy atom. The normalized spacial score (nSPS) is 11.4. The van der Waals surface area contributed by atoms with Crippen molar-refractivity contribution in [2.75, 3.05) is 6.61 Å². The van der Waals surface area contributed by atoms with Crippen molar-refractivity contribution >= 4 is 11.9 Å². The zero-order valence-corrected chi connectivity index (χ0v) is 28.1. The molecule has 2 aromatic rings. The Bertz CT molecular complexity index is 1030. The number of carbonyl (C=O) groups excluding carboxylic acids is 1. The Kier molecular flexibility index (Phi) is 22.4. The first-order valence-electron chi connectivity index (χ1n) is 17.4. The number of phenols is 1. The molecule has 0 saturated heterocycles. The van der Waals surface area contributed by atoms with Gasteiger partial charge in [-0.15, -0.1) is 0 Å². The SMILES string of the molecule is CCCCCCCC(CCCC)OC(=O)c1ccccc1O.CCCCCCCCOc1c(CCCC)cccc1C(=O)O. The number of carboxylic acids is 1. The maximum Gasteiger partial charge on any atom is 0.342 e. The number of unbranched alkanes of at least 4 members (excludes halogenated alkanes) is 11. The first-order chi connectivity index (χ1) is 21.4. The van der Waals surface area contributed by atoms with E-state index in [0.29, 0.717) is 17.9 Å². The van der Waals surface area contributed by atoms with Crippen molar-refractivity contribution in [3.63, 3.8) is 0 Å². The summed E-state index contributed by atoms with van der Waals surface area (Å²) in [5.74, 6) is -0.745. The molecular weight excluding hydrogens is 552 g/mol. The summed E-state index contributed by atoms with van der Waals surface area (Å²) in [7, 11) is 0. The van der Waals surface area contributed by atoms with Gasteiger partial charge in [0.25, 0.3) is 0 Å². The molecular formula is C38H60O6. The van der Waals surface area contributed by atoms with Crippen molar-refractivity contribution in [1.29, 1.82) is 0 Å². The number of benzene rings is 2. The van der Waals surface area contributed by atoms with Gasteiger partial charge in [-0.3, -0.25) is 0 Å². The molecule has 1 atom stereocenters. The van der Waals surface area contributed by atoms with Crippen LogP contribution in [0.25, 0.3) is 0 Å². The third-order valence-electron chi connectivity index (χ3n) is 7.78. The van der Waals surface area contributed by atoms with E-state index in [1.54, 1.807) is 24.3 Å². The van der Waals surface area contributed by atoms with Gasteiger partial charge in [0.15, 0.2) is 0 Å². The summed E-state index contributed by atoms with van der Waals surface area (Å²) >= 11 is 0. The number of phenolic OH excluding ortho intramolecular Hbond substituents is 1. The Balaban J connectivity index is 0.000000440. The summed E-state index contributed by atoms with van der Waals surface area (Å²) in [6.45, 7) is 9.30. The molecule has 2 rings (SSSR count). The molecule has 2 N–H and O–H groups in total. The number of ether oxygens (including phenoxy) is 2. The molecule has 0 amide bonds. The highest BCUT2D eigenvalue weighted by atomic mass is 16.5. The van der Waals surface area contributed by atoms with Gasteiger partial charge in [0.2, 0.25) is 0 Å². The number of hydrogen-bond acceptors (Lipinski definition) is 5. The monoisotopic (exact) mass is 612 g/mol. The zero-order valence-electron chi connectivity index (χ0n) is 28.1. The van der Waals surface area contributed by atoms with Crippen molar-refractivity contribution in [3.8, 4) is 11.5 Å². The van der Waals surface area contributed by atoms with Gasteiger partial charge in [0.05, 0.1) is 6.61 Å². The topological polar surface area (TPSA) is 93.1 Å². The van der Waals surface area contributed by atoms with Gasteiger partial charge in [0, 0.05) is 0 Å². The van der Waals surface area contributed by atoms with Gasteiger partial charge < -0.3 is 19.7 Å². The molecule has 0 aromatic heterocycles. The highest BCUT2D eigenvalue weighted by Crippen LogP contribution is 2.26. The highest BCUT2D eigenvalue weighted by Gasteiger charge is 2.18. The fourth-order valence-electron chi connectivity index (χ4n) is 5.08. The number of carbonyl (C=O) groups is 2. The number of aromatic hydroxyl groups is 1. The van der Waals surface area contributed by atoms with Crippen molar-refractivity contribution in [2.45, 2.75) is 149 Å². The number of para-hydroxylation sites is 2. The lowest BCUT2D eigenvalue weighted by atomic mass is 10.0. The summed E-state index contributed by atoms with van der Waals surface area (Å²) < 4.78 is 11.5. The molecule has 0 saturated carbocycles. The number of aryl methyl sites for hydroxylation is 1. The van der Waals surface area contributed by atoms with Gasteiger partial charge in [-0.25, -0.2) is 9.59 Å². The first-order valence-corrected chi connectivity index (χ1v) is 17.4. The number of aromatic carboxylic acids is 1. The quantitative estimate of drug-likeness (QED) is 0.0958. The van der Waals surface area contributed by atoms with Crippen molar-refractivity contribution in [3.05, 3.63) is 59.2 Å². The smallest absolute Gasteiger partial charge is 0.342 e. The van der Waals surface area contributed by atoms with Crippen LogP contribution in [0.15, 0.2) is 42.5 Å². The molecule has 0 aliphatic carbocycles. The van der Waals surface area contributed by atoms with E-state index in [1.165, 1.54) is 57.4 Å². The van der Waals surface area contributed by atoms with Crippen molar-refractivity contribution in [2.24, 2.45) is 0 Å². The number of hydrogen-bond donors (Lipinski definition) is 2. The van der Waals surface area contributed by atoms with Crippen LogP contribution in [0.5, 0.6) is 11.5 Å². The predicted octanol–water partition coefficient (Wildman–Crippen LogP) is 10.9. The lowest BCUT2D eigenvalue weighted by Crippen LogP contribution is -2.18. The van der Waals surface area contributed by atoms with Crippen LogP contribution in [0.3, 0.4) is 0 Å². The van der Waals surface area contributed by atoms with E-state index in [1.807, 2.05) is 12.1 Å². The molecule has 0 aliphatic rings. The number of esters is 1. The van der Waals surface area contributed by atoms with E-state index >= 15 is 0 Å². The average Bonchev–Trinajstić information content (AvgIpc) is 3.02. The van der Waals surface area contributed by atoms with Crippen LogP contribution in [-0.4, -0.2) is 34.9 Å². The van der Waals surface area contributed by atoms with Crippen molar-refractivity contribution < 1.29 is 29.3 Å². The zero-order chi connectivity index (χ0) is 32.4. The van der Waals surface area contributed by atoms with Crippen LogP contribution < -0.4 is 4.74 Å². The lowest BCUT2D eigenvalue weighted by molar-refractivity contribution is 0.0246. The van der Waals surface area contributed by atoms with E-state index in [0.717, 1.165) is 69.8 Å². The lowest BCUT2D eigenvalue weighted by Gasteiger charge is -2.18. The molecule has 0 spiro atoms. The first kappa shape index (κ1) is 39.0. The largest absolute Gasteiger partial charge is 0.507 e. The summed E-state index contributed by atoms with van der Waals surface area (Å²) in [6, 6.07) is 12.0. The second-order valence-corrected chi connectivity index (χ2v) is 11.7. The Morgan fingerprint density at radius 1 is 0.659 bits per heavy atom. The van der Waals surface area contributed by atoms with Crippen LogP contribution in [0.2, 0.25) is 0 Å². The van der Waals surface area contributed by atoms with Gasteiger partial charge in [0.1, 0.15) is 28.7 Å². The molecule has 0 radical (unpaired) electrons. The van der Waals surface area contributed by atoms with E-state index in [4.69, 9.17) is 9.47 Å². The Morgan fingerprint density at radius 3 is 1.86 bits per heavy atom. The summed E-state index contributed by atoms with van der Waals surface area (Å²) in [4.78, 5) is 23.6. The Labute approximate surface area is 267 Å². The molecule has 6 heteroatoms. The number of rotatable bonds is 23. The molecule has 0 aliphatic heterocycles. The van der Waals surface area contributed by atoms with Crippen LogP contribution in [-0.2, 0) is 11.2 Å². The molecule has 248 valence electrons. The minimum atomic E-state index is -0.906. The van der Waals surface area contributed by atoms with Crippen LogP contribution >= 0.6 is 0 Å². The number of carboxylic acid groups (broad SMARTS) is 1. The summed E-state index contributed by atoms with van der Waals surface area (Å²) in [5, 5.41) is 19.1. The van der Waals surface area contributed by atoms with Gasteiger partial charge in [-0.2, -0.15) is 0 Å². The molecule has 1 unspecified atom stereocenters. The minimum Gasteiger partial charge on any atom is -0.507 e. The highest BCUT2D eigenvalue weighted by molar-refractivity contribution is 5.92. The molecule has 44 heavy (non-hydrogen) atoms. The van der Waals surface area contributed by atoms with E-state index in [2.05, 4.69) is 27.7 Å². The Hall–Kier alpha value is -3.02. The van der Waals surface area contributed by atoms with Gasteiger partial charge >= 0.3 is 11.9 Å². The molecule has 0 fully saturated rings. The summed E-state index contributed by atoms with van der Waals surface area (Å²) in [5.41, 5.74) is 1.57. The second kappa shape index (κ2) is 25.3. The third-order valence-corrected chi connectivity index (χ3v) is 7.78. The van der Waals surface area contributed by atoms with E-state index in [-0.39, 0.29) is 17.4 Å².